The van der Waals surface area contributed by atoms with Gasteiger partial charge in [0, 0.05) is 6.42 Å². The van der Waals surface area contributed by atoms with Gasteiger partial charge in [0.05, 0.1) is 6.61 Å². The summed E-state index contributed by atoms with van der Waals surface area (Å²) in [5.74, 6) is 0.366. The number of thioether (sulfide) groups is 1. The van der Waals surface area contributed by atoms with Crippen LogP contribution in [0.5, 0.6) is 0 Å². The molecule has 0 rings (SSSR count). The lowest BCUT2D eigenvalue weighted by atomic mass is 10.2. The first-order valence-corrected chi connectivity index (χ1v) is 8.80. The molecule has 0 aliphatic heterocycles. The summed E-state index contributed by atoms with van der Waals surface area (Å²) in [5, 5.41) is -0.229. The van der Waals surface area contributed by atoms with E-state index in [1.54, 1.807) is 0 Å². The third kappa shape index (κ3) is 13.0. The monoisotopic (exact) mass is 328 g/mol. The Labute approximate surface area is 130 Å². The average molecular weight is 328 g/mol. The van der Waals surface area contributed by atoms with Crippen molar-refractivity contribution >= 4 is 17.7 Å². The highest BCUT2D eigenvalue weighted by Crippen LogP contribution is 2.25. The maximum atomic E-state index is 12.0. The molecule has 1 atom stereocenters. The fourth-order valence-corrected chi connectivity index (χ4v) is 2.91. The predicted molar refractivity (Wildman–Crippen MR) is 81.5 cm³/mol. The van der Waals surface area contributed by atoms with Gasteiger partial charge >= 0.3 is 12.1 Å². The number of carbonyl (C=O) groups excluding carboxylic acids is 1. The van der Waals surface area contributed by atoms with Crippen molar-refractivity contribution < 1.29 is 22.7 Å². The number of esters is 1. The maximum absolute atomic E-state index is 12.0. The summed E-state index contributed by atoms with van der Waals surface area (Å²) in [7, 11) is 0. The fraction of sp³-hybridized carbons (Fsp3) is 0.933. The molecule has 0 amide bonds. The molecule has 0 aliphatic carbocycles. The minimum atomic E-state index is -4.08. The highest BCUT2D eigenvalue weighted by molar-refractivity contribution is 8.00. The first kappa shape index (κ1) is 20.6. The van der Waals surface area contributed by atoms with E-state index in [9.17, 15) is 18.0 Å². The van der Waals surface area contributed by atoms with Crippen LogP contribution in [-0.2, 0) is 9.53 Å². The molecule has 0 spiro atoms. The van der Waals surface area contributed by atoms with Crippen molar-refractivity contribution in [2.24, 2.45) is 0 Å². The molecule has 0 saturated carbocycles. The quantitative estimate of drug-likeness (QED) is 0.356. The number of carbonyl (C=O) groups is 1. The van der Waals surface area contributed by atoms with Crippen LogP contribution in [0.25, 0.3) is 0 Å². The number of halogens is 3. The summed E-state index contributed by atoms with van der Waals surface area (Å²) in [6.45, 7) is 4.51. The Kier molecular flexibility index (Phi) is 12.0. The SMILES string of the molecule is CCCCOC(=O)C(CCCC)SCCCCC(F)(F)F. The van der Waals surface area contributed by atoms with Crippen LogP contribution >= 0.6 is 11.8 Å². The molecule has 0 aliphatic rings. The number of hydrogen-bond donors (Lipinski definition) is 0. The minimum absolute atomic E-state index is 0.127. The smallest absolute Gasteiger partial charge is 0.389 e. The standard InChI is InChI=1S/C15H27F3O2S/c1-3-5-9-13(14(19)20-11-6-4-2)21-12-8-7-10-15(16,17)18/h13H,3-12H2,1-2H3. The van der Waals surface area contributed by atoms with Crippen LogP contribution in [0.3, 0.4) is 0 Å². The zero-order chi connectivity index (χ0) is 16.1. The van der Waals surface area contributed by atoms with Crippen LogP contribution in [0.4, 0.5) is 13.2 Å². The molecule has 0 heterocycles. The topological polar surface area (TPSA) is 26.3 Å². The third-order valence-electron chi connectivity index (χ3n) is 3.00. The van der Waals surface area contributed by atoms with Gasteiger partial charge in [-0.25, -0.2) is 0 Å². The Morgan fingerprint density at radius 3 is 2.33 bits per heavy atom. The van der Waals surface area contributed by atoms with E-state index in [1.165, 1.54) is 11.8 Å². The molecular weight excluding hydrogens is 301 g/mol. The lowest BCUT2D eigenvalue weighted by Gasteiger charge is -2.15. The van der Waals surface area contributed by atoms with E-state index < -0.39 is 12.6 Å². The summed E-state index contributed by atoms with van der Waals surface area (Å²) in [5.41, 5.74) is 0. The van der Waals surface area contributed by atoms with E-state index in [2.05, 4.69) is 0 Å². The van der Waals surface area contributed by atoms with Gasteiger partial charge in [0.15, 0.2) is 0 Å². The van der Waals surface area contributed by atoms with E-state index in [0.717, 1.165) is 32.1 Å². The Morgan fingerprint density at radius 2 is 1.76 bits per heavy atom. The number of hydrogen-bond acceptors (Lipinski definition) is 3. The normalized spacial score (nSPS) is 13.2. The van der Waals surface area contributed by atoms with Crippen molar-refractivity contribution in [3.8, 4) is 0 Å². The van der Waals surface area contributed by atoms with E-state index in [0.29, 0.717) is 18.8 Å². The van der Waals surface area contributed by atoms with E-state index in [-0.39, 0.29) is 17.6 Å². The lowest BCUT2D eigenvalue weighted by Crippen LogP contribution is -2.21. The Balaban J connectivity index is 3.97. The van der Waals surface area contributed by atoms with Crippen molar-refractivity contribution in [2.45, 2.75) is 76.6 Å². The van der Waals surface area contributed by atoms with Gasteiger partial charge in [0.25, 0.3) is 0 Å². The van der Waals surface area contributed by atoms with Gasteiger partial charge in [0.1, 0.15) is 5.25 Å². The molecule has 0 N–H and O–H groups in total. The Bertz CT molecular complexity index is 270. The molecule has 2 nitrogen and oxygen atoms in total. The number of ether oxygens (including phenoxy) is 1. The van der Waals surface area contributed by atoms with Crippen LogP contribution in [0.1, 0.15) is 65.2 Å². The van der Waals surface area contributed by atoms with Gasteiger partial charge in [-0.2, -0.15) is 13.2 Å². The molecule has 0 bridgehead atoms. The van der Waals surface area contributed by atoms with Gasteiger partial charge in [-0.3, -0.25) is 4.79 Å². The van der Waals surface area contributed by atoms with E-state index in [1.807, 2.05) is 13.8 Å². The predicted octanol–water partition coefficient (Wildman–Crippen LogP) is 5.35. The molecule has 0 aromatic carbocycles. The molecule has 0 aromatic heterocycles. The summed E-state index contributed by atoms with van der Waals surface area (Å²) in [6, 6.07) is 0. The molecule has 0 aromatic rings. The molecule has 6 heteroatoms. The van der Waals surface area contributed by atoms with Crippen molar-refractivity contribution in [3.05, 3.63) is 0 Å². The fourth-order valence-electron chi connectivity index (χ4n) is 1.72. The van der Waals surface area contributed by atoms with Crippen LogP contribution < -0.4 is 0 Å². The second-order valence-corrected chi connectivity index (χ2v) is 6.41. The van der Waals surface area contributed by atoms with Crippen LogP contribution in [0, 0.1) is 0 Å². The zero-order valence-corrected chi connectivity index (χ0v) is 13.8. The Morgan fingerprint density at radius 1 is 1.10 bits per heavy atom. The van der Waals surface area contributed by atoms with Crippen molar-refractivity contribution in [1.82, 2.24) is 0 Å². The molecule has 0 saturated heterocycles. The zero-order valence-electron chi connectivity index (χ0n) is 13.0. The molecular formula is C15H27F3O2S. The summed E-state index contributed by atoms with van der Waals surface area (Å²) < 4.78 is 41.3. The summed E-state index contributed by atoms with van der Waals surface area (Å²) in [4.78, 5) is 11.9. The van der Waals surface area contributed by atoms with Crippen LogP contribution in [0.15, 0.2) is 0 Å². The van der Waals surface area contributed by atoms with Gasteiger partial charge in [0.2, 0.25) is 0 Å². The first-order valence-electron chi connectivity index (χ1n) is 7.75. The van der Waals surface area contributed by atoms with Gasteiger partial charge in [-0.05, 0) is 31.4 Å². The molecule has 0 radical (unpaired) electrons. The second kappa shape index (κ2) is 12.2. The van der Waals surface area contributed by atoms with Crippen LogP contribution in [-0.4, -0.2) is 29.8 Å². The van der Waals surface area contributed by atoms with Crippen LogP contribution in [0.2, 0.25) is 0 Å². The molecule has 21 heavy (non-hydrogen) atoms. The highest BCUT2D eigenvalue weighted by Gasteiger charge is 2.26. The second-order valence-electron chi connectivity index (χ2n) is 5.09. The summed E-state index contributed by atoms with van der Waals surface area (Å²) >= 11 is 1.44. The molecule has 0 fully saturated rings. The summed E-state index contributed by atoms with van der Waals surface area (Å²) in [6.07, 6.45) is 0.276. The van der Waals surface area contributed by atoms with Crippen molar-refractivity contribution in [3.63, 3.8) is 0 Å². The molecule has 1 unspecified atom stereocenters. The number of unbranched alkanes of at least 4 members (excludes halogenated alkanes) is 3. The van der Waals surface area contributed by atoms with Gasteiger partial charge < -0.3 is 4.74 Å². The minimum Gasteiger partial charge on any atom is -0.465 e. The highest BCUT2D eigenvalue weighted by atomic mass is 32.2. The van der Waals surface area contributed by atoms with Crippen molar-refractivity contribution in [2.75, 3.05) is 12.4 Å². The van der Waals surface area contributed by atoms with E-state index in [4.69, 9.17) is 4.74 Å². The molecule has 126 valence electrons. The lowest BCUT2D eigenvalue weighted by molar-refractivity contribution is -0.143. The largest absolute Gasteiger partial charge is 0.465 e. The maximum Gasteiger partial charge on any atom is 0.389 e. The van der Waals surface area contributed by atoms with Crippen molar-refractivity contribution in [1.29, 1.82) is 0 Å². The van der Waals surface area contributed by atoms with Gasteiger partial charge in [-0.15, -0.1) is 11.8 Å². The number of alkyl halides is 3. The third-order valence-corrected chi connectivity index (χ3v) is 4.35. The van der Waals surface area contributed by atoms with E-state index >= 15 is 0 Å². The average Bonchev–Trinajstić information content (AvgIpc) is 2.40. The first-order chi connectivity index (χ1) is 9.90. The van der Waals surface area contributed by atoms with Gasteiger partial charge in [-0.1, -0.05) is 33.1 Å². The Hall–Kier alpha value is -0.390. The number of rotatable bonds is 12.